The lowest BCUT2D eigenvalue weighted by atomic mass is 9.94. The Morgan fingerprint density at radius 1 is 0.857 bits per heavy atom. The fourth-order valence-electron chi connectivity index (χ4n) is 4.48. The zero-order valence-electron chi connectivity index (χ0n) is 15.5. The molecule has 3 aromatic rings. The largest absolute Gasteiger partial charge is 0.508 e. The fraction of sp³-hybridized carbons (Fsp3) is 0.208. The minimum Gasteiger partial charge on any atom is -0.508 e. The van der Waals surface area contributed by atoms with E-state index in [-0.39, 0.29) is 23.9 Å². The highest BCUT2D eigenvalue weighted by Gasteiger charge is 2.48. The summed E-state index contributed by atoms with van der Waals surface area (Å²) in [5.41, 5.74) is 4.71. The van der Waals surface area contributed by atoms with Crippen LogP contribution in [-0.4, -0.2) is 26.9 Å². The summed E-state index contributed by atoms with van der Waals surface area (Å²) in [6.45, 7) is 1.33. The smallest absolute Gasteiger partial charge is 0.242 e. The number of fused-ring (bicyclic) bond motifs is 2. The number of rotatable bonds is 3. The van der Waals surface area contributed by atoms with Crippen LogP contribution in [0.4, 0.5) is 0 Å². The molecule has 2 atom stereocenters. The molecular formula is C24H22N2O2. The summed E-state index contributed by atoms with van der Waals surface area (Å²) in [5.74, 6) is 0.416. The molecule has 0 aromatic heterocycles. The lowest BCUT2D eigenvalue weighted by Crippen LogP contribution is -2.39. The molecule has 140 valence electrons. The molecule has 0 spiro atoms. The van der Waals surface area contributed by atoms with Crippen LogP contribution < -0.4 is 0 Å². The van der Waals surface area contributed by atoms with Crippen LogP contribution in [0.5, 0.6) is 5.75 Å². The molecule has 1 fully saturated rings. The molecule has 2 aliphatic rings. The molecule has 0 aliphatic carbocycles. The average molecular weight is 370 g/mol. The monoisotopic (exact) mass is 370 g/mol. The van der Waals surface area contributed by atoms with Crippen molar-refractivity contribution in [1.82, 2.24) is 9.80 Å². The van der Waals surface area contributed by atoms with E-state index in [0.717, 1.165) is 24.1 Å². The van der Waals surface area contributed by atoms with Gasteiger partial charge < -0.3 is 10.0 Å². The molecule has 4 heteroatoms. The quantitative estimate of drug-likeness (QED) is 0.761. The summed E-state index contributed by atoms with van der Waals surface area (Å²) in [7, 11) is 0. The van der Waals surface area contributed by atoms with Crippen LogP contribution in [0, 0.1) is 0 Å². The van der Waals surface area contributed by atoms with Crippen LogP contribution in [0.15, 0.2) is 78.9 Å². The van der Waals surface area contributed by atoms with E-state index in [9.17, 15) is 9.90 Å². The summed E-state index contributed by atoms with van der Waals surface area (Å²) in [6.07, 6.45) is 0.612. The molecule has 2 heterocycles. The number of hydrogen-bond acceptors (Lipinski definition) is 3. The normalized spacial score (nSPS) is 21.4. The van der Waals surface area contributed by atoms with Crippen molar-refractivity contribution >= 4 is 5.91 Å². The van der Waals surface area contributed by atoms with Crippen molar-refractivity contribution < 1.29 is 9.90 Å². The van der Waals surface area contributed by atoms with Gasteiger partial charge in [0.15, 0.2) is 0 Å². The van der Waals surface area contributed by atoms with E-state index >= 15 is 0 Å². The number of aromatic hydroxyl groups is 1. The lowest BCUT2D eigenvalue weighted by Gasteiger charge is -2.35. The Morgan fingerprint density at radius 2 is 1.54 bits per heavy atom. The van der Waals surface area contributed by atoms with E-state index in [0.29, 0.717) is 6.54 Å². The first kappa shape index (κ1) is 17.0. The van der Waals surface area contributed by atoms with Gasteiger partial charge in [0.2, 0.25) is 5.91 Å². The molecule has 3 aromatic carbocycles. The molecule has 2 unspecified atom stereocenters. The molecule has 1 N–H and O–H groups in total. The third-order valence-electron chi connectivity index (χ3n) is 5.85. The highest BCUT2D eigenvalue weighted by atomic mass is 16.3. The first-order valence-corrected chi connectivity index (χ1v) is 9.66. The number of phenols is 1. The number of hydrogen-bond donors (Lipinski definition) is 1. The van der Waals surface area contributed by atoms with Crippen LogP contribution in [0.3, 0.4) is 0 Å². The van der Waals surface area contributed by atoms with Crippen LogP contribution in [0.1, 0.15) is 28.4 Å². The average Bonchev–Trinajstić information content (AvgIpc) is 2.99. The Morgan fingerprint density at radius 3 is 2.29 bits per heavy atom. The minimum absolute atomic E-state index is 0.133. The van der Waals surface area contributed by atoms with Crippen LogP contribution in [0.2, 0.25) is 0 Å². The fourth-order valence-corrected chi connectivity index (χ4v) is 4.48. The molecule has 1 amide bonds. The van der Waals surface area contributed by atoms with Crippen LogP contribution >= 0.6 is 0 Å². The standard InChI is InChI=1S/C24H22N2O2/c27-21-12-10-18(11-13-21)23-25-16-20-9-5-4-8-19(20)14-22(25)24(28)26(23)15-17-6-2-1-3-7-17/h1-13,22-23,27H,14-16H2. The minimum atomic E-state index is -0.141. The van der Waals surface area contributed by atoms with Gasteiger partial charge in [0.25, 0.3) is 0 Å². The van der Waals surface area contributed by atoms with Gasteiger partial charge in [0, 0.05) is 13.1 Å². The van der Waals surface area contributed by atoms with Gasteiger partial charge in [-0.2, -0.15) is 0 Å². The van der Waals surface area contributed by atoms with Gasteiger partial charge in [-0.25, -0.2) is 0 Å². The van der Waals surface area contributed by atoms with Gasteiger partial charge in [0.1, 0.15) is 11.9 Å². The van der Waals surface area contributed by atoms with Crippen molar-refractivity contribution in [2.75, 3.05) is 0 Å². The van der Waals surface area contributed by atoms with Crippen LogP contribution in [0.25, 0.3) is 0 Å². The maximum absolute atomic E-state index is 13.4. The number of phenolic OH excluding ortho intramolecular Hbond substituents is 1. The molecular weight excluding hydrogens is 348 g/mol. The van der Waals surface area contributed by atoms with Gasteiger partial charge in [0.05, 0.1) is 6.04 Å². The zero-order valence-corrected chi connectivity index (χ0v) is 15.5. The number of benzene rings is 3. The first-order chi connectivity index (χ1) is 13.7. The van der Waals surface area contributed by atoms with Crippen molar-refractivity contribution in [2.24, 2.45) is 0 Å². The molecule has 4 nitrogen and oxygen atoms in total. The van der Waals surface area contributed by atoms with E-state index in [4.69, 9.17) is 0 Å². The first-order valence-electron chi connectivity index (χ1n) is 9.66. The summed E-state index contributed by atoms with van der Waals surface area (Å²) in [6, 6.07) is 25.6. The van der Waals surface area contributed by atoms with Gasteiger partial charge in [-0.15, -0.1) is 0 Å². The van der Waals surface area contributed by atoms with Crippen LogP contribution in [-0.2, 0) is 24.3 Å². The van der Waals surface area contributed by atoms with E-state index in [1.54, 1.807) is 12.1 Å². The van der Waals surface area contributed by atoms with E-state index in [2.05, 4.69) is 35.2 Å². The van der Waals surface area contributed by atoms with Crippen molar-refractivity contribution in [1.29, 1.82) is 0 Å². The van der Waals surface area contributed by atoms with E-state index in [1.165, 1.54) is 11.1 Å². The Kier molecular flexibility index (Phi) is 4.14. The third kappa shape index (κ3) is 2.86. The second-order valence-electron chi connectivity index (χ2n) is 7.58. The number of amides is 1. The molecule has 1 saturated heterocycles. The summed E-state index contributed by atoms with van der Waals surface area (Å²) in [5, 5.41) is 9.72. The van der Waals surface area contributed by atoms with Crippen molar-refractivity contribution in [3.8, 4) is 5.75 Å². The topological polar surface area (TPSA) is 43.8 Å². The Hall–Kier alpha value is -3.11. The molecule has 0 saturated carbocycles. The van der Waals surface area contributed by atoms with Crippen molar-refractivity contribution in [2.45, 2.75) is 31.7 Å². The highest BCUT2D eigenvalue weighted by Crippen LogP contribution is 2.41. The Labute approximate surface area is 164 Å². The predicted molar refractivity (Wildman–Crippen MR) is 107 cm³/mol. The van der Waals surface area contributed by atoms with E-state index < -0.39 is 0 Å². The van der Waals surface area contributed by atoms with Crippen molar-refractivity contribution in [3.63, 3.8) is 0 Å². The number of carbonyl (C=O) groups excluding carboxylic acids is 1. The second-order valence-corrected chi connectivity index (χ2v) is 7.58. The second kappa shape index (κ2) is 6.80. The van der Waals surface area contributed by atoms with Crippen molar-refractivity contribution in [3.05, 3.63) is 101 Å². The molecule has 0 bridgehead atoms. The summed E-state index contributed by atoms with van der Waals surface area (Å²) < 4.78 is 0. The number of nitrogens with zero attached hydrogens (tertiary/aromatic N) is 2. The molecule has 5 rings (SSSR count). The van der Waals surface area contributed by atoms with Gasteiger partial charge in [-0.1, -0.05) is 66.7 Å². The predicted octanol–water partition coefficient (Wildman–Crippen LogP) is 3.86. The Balaban J connectivity index is 1.56. The summed E-state index contributed by atoms with van der Waals surface area (Å²) in [4.78, 5) is 17.7. The third-order valence-corrected chi connectivity index (χ3v) is 5.85. The number of carbonyl (C=O) groups is 1. The molecule has 0 radical (unpaired) electrons. The van der Waals surface area contributed by atoms with Gasteiger partial charge in [-0.3, -0.25) is 9.69 Å². The SMILES string of the molecule is O=C1C2Cc3ccccc3CN2C(c2ccc(O)cc2)N1Cc1ccccc1. The zero-order chi connectivity index (χ0) is 19.1. The van der Waals surface area contributed by atoms with Gasteiger partial charge >= 0.3 is 0 Å². The molecule has 28 heavy (non-hydrogen) atoms. The highest BCUT2D eigenvalue weighted by molar-refractivity contribution is 5.85. The van der Waals surface area contributed by atoms with E-state index in [1.807, 2.05) is 41.3 Å². The summed E-state index contributed by atoms with van der Waals surface area (Å²) >= 11 is 0. The molecule has 2 aliphatic heterocycles. The maximum atomic E-state index is 13.4. The lowest BCUT2D eigenvalue weighted by molar-refractivity contribution is -0.130. The van der Waals surface area contributed by atoms with Gasteiger partial charge in [-0.05, 0) is 40.8 Å². The Bertz CT molecular complexity index is 1000. The maximum Gasteiger partial charge on any atom is 0.242 e.